The molecule has 22 heavy (non-hydrogen) atoms. The van der Waals surface area contributed by atoms with Crippen molar-refractivity contribution in [2.75, 3.05) is 6.61 Å². The molecule has 4 nitrogen and oxygen atoms in total. The van der Waals surface area contributed by atoms with Crippen molar-refractivity contribution in [3.05, 3.63) is 11.8 Å². The van der Waals surface area contributed by atoms with Crippen LogP contribution in [0.2, 0.25) is 0 Å². The number of aliphatic hydroxyl groups is 3. The van der Waals surface area contributed by atoms with E-state index in [1.165, 1.54) is 57.8 Å². The van der Waals surface area contributed by atoms with E-state index in [0.29, 0.717) is 0 Å². The zero-order chi connectivity index (χ0) is 16.6. The van der Waals surface area contributed by atoms with Crippen molar-refractivity contribution >= 4 is 0 Å². The molecule has 0 rings (SSSR count). The lowest BCUT2D eigenvalue weighted by atomic mass is 10.0. The normalized spacial score (nSPS) is 15.0. The number of hydrogen-bond donors (Lipinski definition) is 4. The second-order valence-electron chi connectivity index (χ2n) is 6.24. The first-order valence-electron chi connectivity index (χ1n) is 9.07. The monoisotopic (exact) mass is 315 g/mol. The number of allylic oxidation sites excluding steroid dienone is 1. The summed E-state index contributed by atoms with van der Waals surface area (Å²) in [6, 6.07) is -0.812. The number of nitrogens with two attached hydrogens (primary N) is 1. The van der Waals surface area contributed by atoms with Gasteiger partial charge in [0.05, 0.1) is 12.6 Å². The highest BCUT2D eigenvalue weighted by molar-refractivity contribution is 5.01. The van der Waals surface area contributed by atoms with Gasteiger partial charge < -0.3 is 21.1 Å². The standard InChI is InChI=1S/C18H37NO3/c1-2-3-4-5-6-7-8-9-10-11-12-13-14-17(21)18(22)16(19)15-20/h14,16,18,20-22H,2-13,15,19H2,1H3/b17-14+/t16-,18-/m0/s1. The quantitative estimate of drug-likeness (QED) is 0.273. The van der Waals surface area contributed by atoms with Gasteiger partial charge in [0.1, 0.15) is 11.9 Å². The molecule has 0 saturated heterocycles. The Morgan fingerprint density at radius 3 is 1.82 bits per heavy atom. The van der Waals surface area contributed by atoms with E-state index in [0.717, 1.165) is 19.3 Å². The Balaban J connectivity index is 3.39. The Morgan fingerprint density at radius 2 is 1.36 bits per heavy atom. The summed E-state index contributed by atoms with van der Waals surface area (Å²) < 4.78 is 0. The molecule has 0 fully saturated rings. The van der Waals surface area contributed by atoms with Crippen LogP contribution in [0.25, 0.3) is 0 Å². The van der Waals surface area contributed by atoms with Crippen LogP contribution in [-0.2, 0) is 0 Å². The number of unbranched alkanes of at least 4 members (excludes halogenated alkanes) is 11. The molecule has 0 aromatic heterocycles. The van der Waals surface area contributed by atoms with Gasteiger partial charge in [-0.1, -0.05) is 71.1 Å². The molecule has 0 bridgehead atoms. The van der Waals surface area contributed by atoms with Crippen molar-refractivity contribution in [2.45, 2.75) is 96.1 Å². The van der Waals surface area contributed by atoms with Crippen molar-refractivity contribution < 1.29 is 15.3 Å². The zero-order valence-corrected chi connectivity index (χ0v) is 14.3. The van der Waals surface area contributed by atoms with Crippen LogP contribution < -0.4 is 5.73 Å². The maximum absolute atomic E-state index is 9.60. The molecule has 2 atom stereocenters. The summed E-state index contributed by atoms with van der Waals surface area (Å²) in [6.45, 7) is 1.91. The van der Waals surface area contributed by atoms with Gasteiger partial charge in [-0.25, -0.2) is 0 Å². The summed E-state index contributed by atoms with van der Waals surface area (Å²) in [4.78, 5) is 0. The van der Waals surface area contributed by atoms with Crippen LogP contribution in [-0.4, -0.2) is 34.1 Å². The van der Waals surface area contributed by atoms with Crippen molar-refractivity contribution in [3.63, 3.8) is 0 Å². The molecule has 0 unspecified atom stereocenters. The second-order valence-corrected chi connectivity index (χ2v) is 6.24. The van der Waals surface area contributed by atoms with Gasteiger partial charge >= 0.3 is 0 Å². The van der Waals surface area contributed by atoms with E-state index in [1.807, 2.05) is 0 Å². The lowest BCUT2D eigenvalue weighted by Crippen LogP contribution is -2.39. The van der Waals surface area contributed by atoms with E-state index in [-0.39, 0.29) is 12.4 Å². The van der Waals surface area contributed by atoms with Crippen LogP contribution in [0.1, 0.15) is 84.0 Å². The topological polar surface area (TPSA) is 86.7 Å². The molecule has 4 heteroatoms. The molecule has 0 spiro atoms. The smallest absolute Gasteiger partial charge is 0.128 e. The molecule has 5 N–H and O–H groups in total. The summed E-state index contributed by atoms with van der Waals surface area (Å²) >= 11 is 0. The van der Waals surface area contributed by atoms with Crippen LogP contribution in [0.3, 0.4) is 0 Å². The highest BCUT2D eigenvalue weighted by atomic mass is 16.3. The third kappa shape index (κ3) is 12.0. The summed E-state index contributed by atoms with van der Waals surface area (Å²) in [5.41, 5.74) is 5.45. The SMILES string of the molecule is CCCCCCCCCCCCC/C=C(/O)[C@@H](O)[C@@H](N)CO. The fourth-order valence-corrected chi connectivity index (χ4v) is 2.50. The van der Waals surface area contributed by atoms with Crippen molar-refractivity contribution in [2.24, 2.45) is 5.73 Å². The van der Waals surface area contributed by atoms with Crippen LogP contribution >= 0.6 is 0 Å². The van der Waals surface area contributed by atoms with Crippen molar-refractivity contribution in [1.82, 2.24) is 0 Å². The fourth-order valence-electron chi connectivity index (χ4n) is 2.50. The molecule has 0 saturated carbocycles. The largest absolute Gasteiger partial charge is 0.510 e. The minimum atomic E-state index is -1.15. The van der Waals surface area contributed by atoms with Crippen LogP contribution in [0.15, 0.2) is 11.8 Å². The van der Waals surface area contributed by atoms with Gasteiger partial charge in [0, 0.05) is 0 Å². The molecule has 132 valence electrons. The molecule has 0 aliphatic rings. The molecule has 0 heterocycles. The average Bonchev–Trinajstić information content (AvgIpc) is 2.54. The number of rotatable bonds is 15. The summed E-state index contributed by atoms with van der Waals surface area (Å²) in [7, 11) is 0. The van der Waals surface area contributed by atoms with E-state index in [2.05, 4.69) is 6.92 Å². The number of aliphatic hydroxyl groups excluding tert-OH is 3. The van der Waals surface area contributed by atoms with Crippen molar-refractivity contribution in [3.8, 4) is 0 Å². The van der Waals surface area contributed by atoms with Gasteiger partial charge in [-0.3, -0.25) is 0 Å². The molecule has 0 amide bonds. The highest BCUT2D eigenvalue weighted by Crippen LogP contribution is 2.12. The molecule has 0 aromatic rings. The van der Waals surface area contributed by atoms with Crippen LogP contribution in [0.5, 0.6) is 0 Å². The van der Waals surface area contributed by atoms with Gasteiger partial charge in [0.15, 0.2) is 0 Å². The van der Waals surface area contributed by atoms with Gasteiger partial charge in [-0.2, -0.15) is 0 Å². The Hall–Kier alpha value is -0.580. The second kappa shape index (κ2) is 15.3. The molecule has 0 aliphatic heterocycles. The van der Waals surface area contributed by atoms with Gasteiger partial charge in [0.2, 0.25) is 0 Å². The van der Waals surface area contributed by atoms with Gasteiger partial charge in [-0.15, -0.1) is 0 Å². The predicted molar refractivity (Wildman–Crippen MR) is 92.9 cm³/mol. The van der Waals surface area contributed by atoms with Crippen LogP contribution in [0.4, 0.5) is 0 Å². The predicted octanol–water partition coefficient (Wildman–Crippen LogP) is 3.81. The summed E-state index contributed by atoms with van der Waals surface area (Å²) in [5, 5.41) is 28.0. The first kappa shape index (κ1) is 21.4. The lowest BCUT2D eigenvalue weighted by molar-refractivity contribution is 0.0983. The van der Waals surface area contributed by atoms with Gasteiger partial charge in [-0.05, 0) is 18.9 Å². The van der Waals surface area contributed by atoms with Crippen LogP contribution in [0, 0.1) is 0 Å². The first-order valence-corrected chi connectivity index (χ1v) is 9.07. The number of hydrogen-bond acceptors (Lipinski definition) is 4. The molecular weight excluding hydrogens is 278 g/mol. The highest BCUT2D eigenvalue weighted by Gasteiger charge is 2.17. The summed E-state index contributed by atoms with van der Waals surface area (Å²) in [5.74, 6) is -0.117. The Morgan fingerprint density at radius 1 is 0.909 bits per heavy atom. The van der Waals surface area contributed by atoms with E-state index in [9.17, 15) is 10.2 Å². The third-order valence-electron chi connectivity index (χ3n) is 4.08. The summed E-state index contributed by atoms with van der Waals surface area (Å²) in [6.07, 6.45) is 15.4. The Labute approximate surface area is 136 Å². The van der Waals surface area contributed by atoms with Crippen molar-refractivity contribution in [1.29, 1.82) is 0 Å². The van der Waals surface area contributed by atoms with E-state index >= 15 is 0 Å². The molecular formula is C18H37NO3. The minimum absolute atomic E-state index is 0.117. The Bertz CT molecular complexity index is 269. The maximum Gasteiger partial charge on any atom is 0.128 e. The van der Waals surface area contributed by atoms with E-state index in [1.54, 1.807) is 6.08 Å². The van der Waals surface area contributed by atoms with Gasteiger partial charge in [0.25, 0.3) is 0 Å². The average molecular weight is 315 g/mol. The van der Waals surface area contributed by atoms with E-state index < -0.39 is 12.1 Å². The first-order chi connectivity index (χ1) is 10.6. The minimum Gasteiger partial charge on any atom is -0.510 e. The third-order valence-corrected chi connectivity index (χ3v) is 4.08. The zero-order valence-electron chi connectivity index (χ0n) is 14.3. The molecule has 0 radical (unpaired) electrons. The lowest BCUT2D eigenvalue weighted by Gasteiger charge is -2.15. The fraction of sp³-hybridized carbons (Fsp3) is 0.889. The molecule has 0 aromatic carbocycles. The maximum atomic E-state index is 9.60. The van der Waals surface area contributed by atoms with E-state index in [4.69, 9.17) is 10.8 Å². The molecule has 0 aliphatic carbocycles. The Kier molecular flexibility index (Phi) is 14.9.